The number of amides is 2. The SMILES string of the molecule is C=CC(=O)NCCCC(=O)Nc1ccc2ncnc(Nc3ccc(OCc4cccc(F)c4)c(Cl)c3)c2c1. The number of hydrogen-bond donors (Lipinski definition) is 3. The lowest BCUT2D eigenvalue weighted by atomic mass is 10.2. The number of carbonyl (C=O) groups is 2. The number of ether oxygens (including phenoxy) is 1. The molecule has 0 radical (unpaired) electrons. The second kappa shape index (κ2) is 12.6. The second-order valence-electron chi connectivity index (χ2n) is 8.29. The lowest BCUT2D eigenvalue weighted by molar-refractivity contribution is -0.118. The Kier molecular flexibility index (Phi) is 8.84. The summed E-state index contributed by atoms with van der Waals surface area (Å²) in [5.41, 5.74) is 2.64. The van der Waals surface area contributed by atoms with Gasteiger partial charge in [-0.05, 0) is 66.6 Å². The number of aromatic nitrogens is 2. The third-order valence-electron chi connectivity index (χ3n) is 5.46. The van der Waals surface area contributed by atoms with Gasteiger partial charge in [0.25, 0.3) is 0 Å². The zero-order valence-corrected chi connectivity index (χ0v) is 21.1. The van der Waals surface area contributed by atoms with Crippen LogP contribution in [0.15, 0.2) is 79.6 Å². The second-order valence-corrected chi connectivity index (χ2v) is 8.70. The fourth-order valence-corrected chi connectivity index (χ4v) is 3.85. The van der Waals surface area contributed by atoms with Crippen molar-refractivity contribution >= 4 is 51.5 Å². The summed E-state index contributed by atoms with van der Waals surface area (Å²) in [7, 11) is 0. The van der Waals surface area contributed by atoms with E-state index >= 15 is 0 Å². The highest BCUT2D eigenvalue weighted by atomic mass is 35.5. The Morgan fingerprint density at radius 1 is 1.05 bits per heavy atom. The van der Waals surface area contributed by atoms with Gasteiger partial charge in [-0.3, -0.25) is 9.59 Å². The average Bonchev–Trinajstić information content (AvgIpc) is 2.91. The van der Waals surface area contributed by atoms with Gasteiger partial charge >= 0.3 is 0 Å². The van der Waals surface area contributed by atoms with E-state index in [0.29, 0.717) is 57.4 Å². The standard InChI is InChI=1S/C28H25ClFN5O3/c1-2-26(36)31-12-4-7-27(37)34-20-8-10-24-22(14-20)28(33-17-32-24)35-21-9-11-25(23(29)15-21)38-16-18-5-3-6-19(30)13-18/h2-3,5-6,8-11,13-15,17H,1,4,7,12,16H2,(H,31,36)(H,34,37)(H,32,33,35). The van der Waals surface area contributed by atoms with Crippen LogP contribution in [0.2, 0.25) is 5.02 Å². The fourth-order valence-electron chi connectivity index (χ4n) is 3.61. The molecule has 0 saturated carbocycles. The molecular formula is C28H25ClFN5O3. The topological polar surface area (TPSA) is 105 Å². The number of benzene rings is 3. The Labute approximate surface area is 223 Å². The summed E-state index contributed by atoms with van der Waals surface area (Å²) in [6.45, 7) is 3.95. The van der Waals surface area contributed by atoms with Gasteiger partial charge in [-0.2, -0.15) is 0 Å². The van der Waals surface area contributed by atoms with E-state index in [9.17, 15) is 14.0 Å². The molecule has 3 aromatic carbocycles. The first-order valence-corrected chi connectivity index (χ1v) is 12.2. The summed E-state index contributed by atoms with van der Waals surface area (Å²) in [5.74, 6) is 0.216. The Balaban J connectivity index is 1.41. The highest BCUT2D eigenvalue weighted by Gasteiger charge is 2.10. The Morgan fingerprint density at radius 2 is 1.89 bits per heavy atom. The van der Waals surface area contributed by atoms with E-state index in [1.54, 1.807) is 48.5 Å². The van der Waals surface area contributed by atoms with Crippen LogP contribution < -0.4 is 20.7 Å². The highest BCUT2D eigenvalue weighted by molar-refractivity contribution is 6.32. The van der Waals surface area contributed by atoms with Crippen molar-refractivity contribution in [3.8, 4) is 5.75 Å². The van der Waals surface area contributed by atoms with Crippen molar-refractivity contribution in [2.75, 3.05) is 17.2 Å². The molecule has 0 unspecified atom stereocenters. The third kappa shape index (κ3) is 7.27. The molecule has 194 valence electrons. The van der Waals surface area contributed by atoms with Gasteiger partial charge in [0.2, 0.25) is 11.8 Å². The van der Waals surface area contributed by atoms with E-state index in [-0.39, 0.29) is 30.7 Å². The van der Waals surface area contributed by atoms with Crippen LogP contribution in [0, 0.1) is 5.82 Å². The van der Waals surface area contributed by atoms with Crippen LogP contribution in [0.25, 0.3) is 10.9 Å². The Bertz CT molecular complexity index is 1480. The maximum absolute atomic E-state index is 13.4. The van der Waals surface area contributed by atoms with E-state index in [2.05, 4.69) is 32.5 Å². The van der Waals surface area contributed by atoms with Gasteiger partial charge in [-0.15, -0.1) is 0 Å². The molecule has 0 aliphatic carbocycles. The van der Waals surface area contributed by atoms with E-state index in [1.807, 2.05) is 0 Å². The summed E-state index contributed by atoms with van der Waals surface area (Å²) in [4.78, 5) is 32.2. The summed E-state index contributed by atoms with van der Waals surface area (Å²) < 4.78 is 19.1. The normalized spacial score (nSPS) is 10.6. The van der Waals surface area contributed by atoms with Crippen molar-refractivity contribution in [3.63, 3.8) is 0 Å². The third-order valence-corrected chi connectivity index (χ3v) is 5.76. The molecule has 0 bridgehead atoms. The van der Waals surface area contributed by atoms with Gasteiger partial charge in [0.15, 0.2) is 0 Å². The molecule has 38 heavy (non-hydrogen) atoms. The largest absolute Gasteiger partial charge is 0.487 e. The maximum Gasteiger partial charge on any atom is 0.243 e. The molecule has 3 N–H and O–H groups in total. The van der Waals surface area contributed by atoms with Crippen molar-refractivity contribution in [2.24, 2.45) is 0 Å². The Hall–Kier alpha value is -4.50. The molecule has 0 spiro atoms. The van der Waals surface area contributed by atoms with Gasteiger partial charge in [0, 0.05) is 29.7 Å². The molecule has 0 atom stereocenters. The van der Waals surface area contributed by atoms with Gasteiger partial charge in [-0.25, -0.2) is 14.4 Å². The quantitative estimate of drug-likeness (QED) is 0.167. The summed E-state index contributed by atoms with van der Waals surface area (Å²) in [5, 5.41) is 9.81. The first-order chi connectivity index (χ1) is 18.4. The predicted octanol–water partition coefficient (Wildman–Crippen LogP) is 5.77. The number of anilines is 3. The molecule has 8 nitrogen and oxygen atoms in total. The minimum absolute atomic E-state index is 0.177. The molecule has 4 rings (SSSR count). The van der Waals surface area contributed by atoms with Gasteiger partial charge in [-0.1, -0.05) is 30.3 Å². The van der Waals surface area contributed by atoms with Gasteiger partial charge < -0.3 is 20.7 Å². The molecule has 2 amide bonds. The van der Waals surface area contributed by atoms with Crippen LogP contribution in [0.4, 0.5) is 21.6 Å². The highest BCUT2D eigenvalue weighted by Crippen LogP contribution is 2.31. The molecule has 10 heteroatoms. The van der Waals surface area contributed by atoms with Gasteiger partial charge in [0.1, 0.15) is 30.3 Å². The zero-order valence-electron chi connectivity index (χ0n) is 20.3. The van der Waals surface area contributed by atoms with Crippen molar-refractivity contribution in [1.29, 1.82) is 0 Å². The van der Waals surface area contributed by atoms with E-state index in [1.165, 1.54) is 24.5 Å². The van der Waals surface area contributed by atoms with E-state index in [4.69, 9.17) is 16.3 Å². The molecule has 0 aliphatic rings. The van der Waals surface area contributed by atoms with Crippen LogP contribution in [0.5, 0.6) is 5.75 Å². The molecule has 0 saturated heterocycles. The predicted molar refractivity (Wildman–Crippen MR) is 146 cm³/mol. The molecule has 0 aliphatic heterocycles. The lowest BCUT2D eigenvalue weighted by Crippen LogP contribution is -2.23. The lowest BCUT2D eigenvalue weighted by Gasteiger charge is -2.13. The van der Waals surface area contributed by atoms with E-state index in [0.717, 1.165) is 0 Å². The van der Waals surface area contributed by atoms with Crippen molar-refractivity contribution in [1.82, 2.24) is 15.3 Å². The summed E-state index contributed by atoms with van der Waals surface area (Å²) in [6, 6.07) is 16.7. The smallest absolute Gasteiger partial charge is 0.243 e. The summed E-state index contributed by atoms with van der Waals surface area (Å²) >= 11 is 6.42. The number of hydrogen-bond acceptors (Lipinski definition) is 6. The fraction of sp³-hybridized carbons (Fsp3) is 0.143. The van der Waals surface area contributed by atoms with Crippen molar-refractivity contribution < 1.29 is 18.7 Å². The maximum atomic E-state index is 13.4. The average molecular weight is 534 g/mol. The van der Waals surface area contributed by atoms with E-state index < -0.39 is 0 Å². The van der Waals surface area contributed by atoms with Crippen LogP contribution in [0.3, 0.4) is 0 Å². The van der Waals surface area contributed by atoms with Crippen molar-refractivity contribution in [3.05, 3.63) is 96.0 Å². The molecular weight excluding hydrogens is 509 g/mol. The molecule has 0 fully saturated rings. The molecule has 1 heterocycles. The number of nitrogens with one attached hydrogen (secondary N) is 3. The van der Waals surface area contributed by atoms with Crippen LogP contribution in [0.1, 0.15) is 18.4 Å². The van der Waals surface area contributed by atoms with Crippen LogP contribution in [-0.4, -0.2) is 28.3 Å². The summed E-state index contributed by atoms with van der Waals surface area (Å²) in [6.07, 6.45) is 3.38. The van der Waals surface area contributed by atoms with Crippen LogP contribution >= 0.6 is 11.6 Å². The molecule has 1 aromatic heterocycles. The first-order valence-electron chi connectivity index (χ1n) is 11.8. The monoisotopic (exact) mass is 533 g/mol. The minimum atomic E-state index is -0.328. The molecule has 4 aromatic rings. The first kappa shape index (κ1) is 26.6. The number of halogens is 2. The number of rotatable bonds is 11. The van der Waals surface area contributed by atoms with Crippen molar-refractivity contribution in [2.45, 2.75) is 19.4 Å². The Morgan fingerprint density at radius 3 is 2.68 bits per heavy atom. The van der Waals surface area contributed by atoms with Gasteiger partial charge in [0.05, 0.1) is 10.5 Å². The number of carbonyl (C=O) groups excluding carboxylic acids is 2. The minimum Gasteiger partial charge on any atom is -0.487 e. The zero-order chi connectivity index (χ0) is 26.9. The number of nitrogens with zero attached hydrogens (tertiary/aromatic N) is 2. The van der Waals surface area contributed by atoms with Crippen LogP contribution in [-0.2, 0) is 16.2 Å². The number of fused-ring (bicyclic) bond motifs is 1.